The predicted molar refractivity (Wildman–Crippen MR) is 83.4 cm³/mol. The fourth-order valence-electron chi connectivity index (χ4n) is 1.84. The highest BCUT2D eigenvalue weighted by Gasteiger charge is 2.20. The lowest BCUT2D eigenvalue weighted by atomic mass is 10.1. The number of hydrogen-bond donors (Lipinski definition) is 0. The molecule has 7 heteroatoms. The number of nitrogens with zero attached hydrogens (tertiary/aromatic N) is 1. The van der Waals surface area contributed by atoms with Crippen molar-refractivity contribution in [3.63, 3.8) is 0 Å². The number of benzene rings is 2. The molecule has 0 saturated carbocycles. The van der Waals surface area contributed by atoms with Gasteiger partial charge in [-0.05, 0) is 25.1 Å². The van der Waals surface area contributed by atoms with Crippen LogP contribution < -0.4 is 4.74 Å². The highest BCUT2D eigenvalue weighted by atomic mass is 79.9. The van der Waals surface area contributed by atoms with Crippen LogP contribution in [0, 0.1) is 17.0 Å². The van der Waals surface area contributed by atoms with Crippen LogP contribution in [0.4, 0.5) is 5.69 Å². The first kappa shape index (κ1) is 16.0. The lowest BCUT2D eigenvalue weighted by Crippen LogP contribution is -2.04. The van der Waals surface area contributed by atoms with Crippen molar-refractivity contribution in [2.24, 2.45) is 0 Å². The Balaban J connectivity index is 2.50. The van der Waals surface area contributed by atoms with Crippen molar-refractivity contribution in [1.29, 1.82) is 0 Å². The Labute approximate surface area is 134 Å². The van der Waals surface area contributed by atoms with Gasteiger partial charge in [-0.1, -0.05) is 27.6 Å². The quantitative estimate of drug-likeness (QED) is 0.459. The van der Waals surface area contributed by atoms with Crippen LogP contribution in [-0.2, 0) is 4.74 Å². The summed E-state index contributed by atoms with van der Waals surface area (Å²) in [6.45, 7) is 1.82. The molecule has 0 aliphatic carbocycles. The van der Waals surface area contributed by atoms with Crippen LogP contribution in [0.25, 0.3) is 0 Å². The number of hydrogen-bond acceptors (Lipinski definition) is 5. The van der Waals surface area contributed by atoms with Crippen LogP contribution in [-0.4, -0.2) is 18.0 Å². The van der Waals surface area contributed by atoms with Crippen LogP contribution in [0.5, 0.6) is 11.5 Å². The Kier molecular flexibility index (Phi) is 4.77. The standard InChI is InChI=1S/C15H12BrNO5/c1-9-3-6-13(11(7-9)15(18)21-2)22-14-8-10(16)4-5-12(14)17(19)20/h3-8H,1-2H3. The Bertz CT molecular complexity index is 745. The van der Waals surface area contributed by atoms with Gasteiger partial charge in [0.05, 0.1) is 12.0 Å². The monoisotopic (exact) mass is 365 g/mol. The van der Waals surface area contributed by atoms with Gasteiger partial charge in [-0.2, -0.15) is 0 Å². The van der Waals surface area contributed by atoms with E-state index in [2.05, 4.69) is 15.9 Å². The molecule has 0 aromatic heterocycles. The topological polar surface area (TPSA) is 78.7 Å². The normalized spacial score (nSPS) is 10.1. The van der Waals surface area contributed by atoms with Gasteiger partial charge in [-0.3, -0.25) is 10.1 Å². The highest BCUT2D eigenvalue weighted by molar-refractivity contribution is 9.10. The number of nitro groups is 1. The molecule has 0 aliphatic rings. The Morgan fingerprint density at radius 1 is 1.18 bits per heavy atom. The molecular weight excluding hydrogens is 354 g/mol. The van der Waals surface area contributed by atoms with E-state index in [4.69, 9.17) is 9.47 Å². The molecule has 2 aromatic rings. The number of methoxy groups -OCH3 is 1. The zero-order valence-corrected chi connectivity index (χ0v) is 13.4. The van der Waals surface area contributed by atoms with Crippen molar-refractivity contribution >= 4 is 27.6 Å². The lowest BCUT2D eigenvalue weighted by molar-refractivity contribution is -0.385. The first-order valence-electron chi connectivity index (χ1n) is 6.23. The fourth-order valence-corrected chi connectivity index (χ4v) is 2.18. The maximum Gasteiger partial charge on any atom is 0.341 e. The van der Waals surface area contributed by atoms with E-state index in [1.165, 1.54) is 19.2 Å². The number of esters is 1. The molecule has 0 spiro atoms. The van der Waals surface area contributed by atoms with E-state index < -0.39 is 10.9 Å². The van der Waals surface area contributed by atoms with E-state index in [9.17, 15) is 14.9 Å². The van der Waals surface area contributed by atoms with Crippen LogP contribution in [0.2, 0.25) is 0 Å². The fraction of sp³-hybridized carbons (Fsp3) is 0.133. The second kappa shape index (κ2) is 6.57. The summed E-state index contributed by atoms with van der Waals surface area (Å²) in [5.74, 6) is -0.344. The summed E-state index contributed by atoms with van der Waals surface area (Å²) >= 11 is 3.24. The summed E-state index contributed by atoms with van der Waals surface area (Å²) in [4.78, 5) is 22.3. The number of halogens is 1. The van der Waals surface area contributed by atoms with Gasteiger partial charge in [0.1, 0.15) is 11.3 Å². The molecule has 0 aliphatic heterocycles. The summed E-state index contributed by atoms with van der Waals surface area (Å²) in [5, 5.41) is 11.1. The molecule has 0 amide bonds. The van der Waals surface area contributed by atoms with Crippen LogP contribution in [0.1, 0.15) is 15.9 Å². The van der Waals surface area contributed by atoms with Gasteiger partial charge < -0.3 is 9.47 Å². The van der Waals surface area contributed by atoms with E-state index >= 15 is 0 Å². The molecule has 114 valence electrons. The van der Waals surface area contributed by atoms with Crippen LogP contribution in [0.3, 0.4) is 0 Å². The smallest absolute Gasteiger partial charge is 0.341 e. The van der Waals surface area contributed by atoms with E-state index in [1.807, 2.05) is 6.92 Å². The molecule has 0 unspecified atom stereocenters. The van der Waals surface area contributed by atoms with Gasteiger partial charge in [0.25, 0.3) is 0 Å². The SMILES string of the molecule is COC(=O)c1cc(C)ccc1Oc1cc(Br)ccc1[N+](=O)[O-]. The molecule has 0 fully saturated rings. The molecule has 0 bridgehead atoms. The van der Waals surface area contributed by atoms with E-state index in [1.54, 1.807) is 24.3 Å². The summed E-state index contributed by atoms with van der Waals surface area (Å²) in [6, 6.07) is 9.26. The minimum atomic E-state index is -0.573. The van der Waals surface area contributed by atoms with Gasteiger partial charge in [-0.25, -0.2) is 4.79 Å². The maximum atomic E-state index is 11.8. The summed E-state index contributed by atoms with van der Waals surface area (Å²) in [5.41, 5.74) is 0.854. The second-order valence-electron chi connectivity index (χ2n) is 4.46. The molecule has 6 nitrogen and oxygen atoms in total. The van der Waals surface area contributed by atoms with Gasteiger partial charge in [0.2, 0.25) is 5.75 Å². The second-order valence-corrected chi connectivity index (χ2v) is 5.38. The summed E-state index contributed by atoms with van der Waals surface area (Å²) in [6.07, 6.45) is 0. The van der Waals surface area contributed by atoms with Crippen molar-refractivity contribution in [2.45, 2.75) is 6.92 Å². The minimum Gasteiger partial charge on any atom is -0.465 e. The average Bonchev–Trinajstić information content (AvgIpc) is 2.48. The molecule has 2 rings (SSSR count). The highest BCUT2D eigenvalue weighted by Crippen LogP contribution is 2.35. The van der Waals surface area contributed by atoms with Crippen molar-refractivity contribution in [2.75, 3.05) is 7.11 Å². The average molecular weight is 366 g/mol. The zero-order valence-electron chi connectivity index (χ0n) is 11.8. The molecule has 0 heterocycles. The molecule has 0 atom stereocenters. The third-order valence-electron chi connectivity index (χ3n) is 2.88. The van der Waals surface area contributed by atoms with Crippen molar-refractivity contribution in [3.8, 4) is 11.5 Å². The Hall–Kier alpha value is -2.41. The first-order valence-corrected chi connectivity index (χ1v) is 7.02. The number of ether oxygens (including phenoxy) is 2. The van der Waals surface area contributed by atoms with Crippen LogP contribution >= 0.6 is 15.9 Å². The largest absolute Gasteiger partial charge is 0.465 e. The maximum absolute atomic E-state index is 11.8. The number of carbonyl (C=O) groups excluding carboxylic acids is 1. The van der Waals surface area contributed by atoms with Crippen molar-refractivity contribution < 1.29 is 19.2 Å². The van der Waals surface area contributed by atoms with E-state index in [-0.39, 0.29) is 22.7 Å². The van der Waals surface area contributed by atoms with E-state index in [0.717, 1.165) is 5.56 Å². The third-order valence-corrected chi connectivity index (χ3v) is 3.37. The van der Waals surface area contributed by atoms with Gasteiger partial charge >= 0.3 is 11.7 Å². The van der Waals surface area contributed by atoms with E-state index in [0.29, 0.717) is 4.47 Å². The molecule has 0 radical (unpaired) electrons. The summed E-state index contributed by atoms with van der Waals surface area (Å²) < 4.78 is 10.9. The summed E-state index contributed by atoms with van der Waals surface area (Å²) in [7, 11) is 1.26. The van der Waals surface area contributed by atoms with Crippen molar-refractivity contribution in [1.82, 2.24) is 0 Å². The molecule has 0 N–H and O–H groups in total. The third kappa shape index (κ3) is 3.43. The minimum absolute atomic E-state index is 0.0355. The van der Waals surface area contributed by atoms with Gasteiger partial charge in [-0.15, -0.1) is 0 Å². The molecule has 0 saturated heterocycles. The van der Waals surface area contributed by atoms with Gasteiger partial charge in [0.15, 0.2) is 0 Å². The zero-order chi connectivity index (χ0) is 16.3. The van der Waals surface area contributed by atoms with Gasteiger partial charge in [0, 0.05) is 16.6 Å². The molecule has 2 aromatic carbocycles. The van der Waals surface area contributed by atoms with Crippen LogP contribution in [0.15, 0.2) is 40.9 Å². The number of carbonyl (C=O) groups is 1. The Morgan fingerprint density at radius 3 is 2.55 bits per heavy atom. The van der Waals surface area contributed by atoms with Crippen molar-refractivity contribution in [3.05, 3.63) is 62.1 Å². The lowest BCUT2D eigenvalue weighted by Gasteiger charge is -2.11. The number of rotatable bonds is 4. The molecular formula is C15H12BrNO5. The molecule has 22 heavy (non-hydrogen) atoms. The number of nitro benzene ring substituents is 1. The predicted octanol–water partition coefficient (Wildman–Crippen LogP) is 4.24. The first-order chi connectivity index (χ1) is 10.4. The number of aryl methyl sites for hydroxylation is 1. The Morgan fingerprint density at radius 2 is 1.91 bits per heavy atom.